The first-order chi connectivity index (χ1) is 20.2. The summed E-state index contributed by atoms with van der Waals surface area (Å²) in [6.07, 6.45) is 0. The van der Waals surface area contributed by atoms with Gasteiger partial charge < -0.3 is 45.7 Å². The van der Waals surface area contributed by atoms with Crippen LogP contribution in [0.4, 0.5) is 0 Å². The Bertz CT molecular complexity index is 1490. The van der Waals surface area contributed by atoms with Crippen molar-refractivity contribution in [1.29, 1.82) is 0 Å². The molecule has 0 amide bonds. The number of aliphatic hydroxyl groups excluding tert-OH is 2. The van der Waals surface area contributed by atoms with E-state index < -0.39 is 5.09 Å². The Hall–Kier alpha value is -4.94. The number of hydrogen-bond donors (Lipinski definition) is 4. The molecule has 0 saturated heterocycles. The summed E-state index contributed by atoms with van der Waals surface area (Å²) >= 11 is 0. The van der Waals surface area contributed by atoms with E-state index in [0.29, 0.717) is 22.8 Å². The van der Waals surface area contributed by atoms with E-state index >= 15 is 0 Å². The van der Waals surface area contributed by atoms with Gasteiger partial charge in [0.2, 0.25) is 0 Å². The van der Waals surface area contributed by atoms with Crippen LogP contribution in [0.1, 0.15) is 13.8 Å². The summed E-state index contributed by atoms with van der Waals surface area (Å²) in [5.41, 5.74) is 4.86. The first kappa shape index (κ1) is 36.1. The molecule has 6 rings (SSSR count). The molecule has 0 aliphatic heterocycles. The van der Waals surface area contributed by atoms with Gasteiger partial charge in [-0.1, -0.05) is 84.3 Å². The molecule has 0 bridgehead atoms. The minimum Gasteiger partial charge on any atom is -0.872 e. The van der Waals surface area contributed by atoms with Gasteiger partial charge in [0.1, 0.15) is 11.6 Å². The molecule has 13 heteroatoms. The zero-order chi connectivity index (χ0) is 30.9. The predicted molar refractivity (Wildman–Crippen MR) is 158 cm³/mol. The van der Waals surface area contributed by atoms with Crippen LogP contribution in [-0.2, 0) is 17.1 Å². The molecule has 4 aromatic carbocycles. The summed E-state index contributed by atoms with van der Waals surface area (Å²) < 4.78 is 0. The van der Waals surface area contributed by atoms with Gasteiger partial charge in [-0.15, -0.1) is 0 Å². The van der Waals surface area contributed by atoms with Crippen molar-refractivity contribution in [3.05, 3.63) is 112 Å². The van der Waals surface area contributed by atoms with E-state index in [0.717, 1.165) is 22.1 Å². The summed E-state index contributed by atoms with van der Waals surface area (Å²) in [5, 5.41) is 53.2. The van der Waals surface area contributed by atoms with Crippen LogP contribution < -0.4 is 10.2 Å². The molecule has 1 radical (unpaired) electrons. The second kappa shape index (κ2) is 19.2. The maximum atomic E-state index is 11.6. The molecule has 225 valence electrons. The standard InChI is InChI=1S/2C13H10N2O.2C2H6O.Fe.NO3/c2*16-12-8-4-1-5-9(12)13-14-10-6-2-3-7-11(10)15-13;2*1-2-3;;2-1(3)4/h2*1-8,16H,(H,14,15);2*3H,2H2,1H3;;/q;;;;+3;-1/p-2. The molecule has 2 aromatic heterocycles. The van der Waals surface area contributed by atoms with Crippen LogP contribution in [0, 0.1) is 15.3 Å². The average Bonchev–Trinajstić information content (AvgIpc) is 3.59. The van der Waals surface area contributed by atoms with Crippen molar-refractivity contribution in [2.24, 2.45) is 0 Å². The number of para-hydroxylation sites is 6. The van der Waals surface area contributed by atoms with Gasteiger partial charge in [-0.25, -0.2) is 9.97 Å². The van der Waals surface area contributed by atoms with Crippen molar-refractivity contribution in [3.8, 4) is 34.3 Å². The number of fused-ring (bicyclic) bond motifs is 2. The first-order valence-electron chi connectivity index (χ1n) is 12.7. The third-order valence-corrected chi connectivity index (χ3v) is 5.06. The Morgan fingerprint density at radius 2 is 0.907 bits per heavy atom. The molecule has 0 unspecified atom stereocenters. The fourth-order valence-corrected chi connectivity index (χ4v) is 3.49. The van der Waals surface area contributed by atoms with E-state index in [1.165, 1.54) is 0 Å². The molecule has 0 atom stereocenters. The Morgan fingerprint density at radius 1 is 0.628 bits per heavy atom. The monoisotopic (exact) mass is 628 g/mol. The number of benzene rings is 4. The normalized spacial score (nSPS) is 9.40. The molecular weight excluding hydrogens is 598 g/mol. The zero-order valence-electron chi connectivity index (χ0n) is 23.3. The van der Waals surface area contributed by atoms with E-state index in [2.05, 4.69) is 19.9 Å². The number of imidazole rings is 2. The maximum absolute atomic E-state index is 11.6. The van der Waals surface area contributed by atoms with Gasteiger partial charge >= 0.3 is 17.1 Å². The maximum Gasteiger partial charge on any atom is 3.00 e. The number of H-pyrrole nitrogens is 2. The van der Waals surface area contributed by atoms with Gasteiger partial charge in [-0.3, -0.25) is 0 Å². The first-order valence-corrected chi connectivity index (χ1v) is 12.7. The second-order valence-electron chi connectivity index (χ2n) is 8.05. The van der Waals surface area contributed by atoms with Crippen LogP contribution in [0.3, 0.4) is 0 Å². The molecule has 4 N–H and O–H groups in total. The van der Waals surface area contributed by atoms with Crippen molar-refractivity contribution in [3.63, 3.8) is 0 Å². The molecule has 12 nitrogen and oxygen atoms in total. The molecule has 0 aliphatic carbocycles. The molecule has 0 aliphatic rings. The topological polar surface area (TPSA) is 210 Å². The number of aliphatic hydroxyl groups is 2. The molecule has 43 heavy (non-hydrogen) atoms. The van der Waals surface area contributed by atoms with Crippen LogP contribution in [-0.4, -0.2) is 48.4 Å². The smallest absolute Gasteiger partial charge is 0.872 e. The fraction of sp³-hybridized carbons (Fsp3) is 0.133. The van der Waals surface area contributed by atoms with Crippen molar-refractivity contribution in [2.75, 3.05) is 13.2 Å². The van der Waals surface area contributed by atoms with Gasteiger partial charge in [0, 0.05) is 24.3 Å². The van der Waals surface area contributed by atoms with Gasteiger partial charge in [0.25, 0.3) is 0 Å². The minimum atomic E-state index is -1.75. The van der Waals surface area contributed by atoms with Crippen LogP contribution in [0.15, 0.2) is 97.1 Å². The SMILES string of the molecule is CCO.CCO.O=[N+]([O-])[O-].[Fe+3].[O-]c1ccccc1-c1nc2ccccc2[nH]1.[O-]c1ccccc1-c1nc2ccccc2[nH]1. The predicted octanol–water partition coefficient (Wildman–Crippen LogP) is 4.36. The van der Waals surface area contributed by atoms with Gasteiger partial charge in [-0.2, -0.15) is 0 Å². The van der Waals surface area contributed by atoms with Crippen LogP contribution in [0.2, 0.25) is 0 Å². The number of hydrogen-bond acceptors (Lipinski definition) is 9. The van der Waals surface area contributed by atoms with E-state index in [9.17, 15) is 10.2 Å². The quantitative estimate of drug-likeness (QED) is 0.122. The fourth-order valence-electron chi connectivity index (χ4n) is 3.49. The number of nitrogens with zero attached hydrogens (tertiary/aromatic N) is 3. The van der Waals surface area contributed by atoms with Crippen molar-refractivity contribution in [2.45, 2.75) is 13.8 Å². The largest absolute Gasteiger partial charge is 3.00 e. The third-order valence-electron chi connectivity index (χ3n) is 5.06. The summed E-state index contributed by atoms with van der Waals surface area (Å²) in [7, 11) is 0. The van der Waals surface area contributed by atoms with E-state index in [1.807, 2.05) is 60.7 Å². The van der Waals surface area contributed by atoms with Crippen molar-refractivity contribution in [1.82, 2.24) is 19.9 Å². The molecule has 0 saturated carbocycles. The van der Waals surface area contributed by atoms with Crippen molar-refractivity contribution >= 4 is 22.1 Å². The van der Waals surface area contributed by atoms with E-state index in [4.69, 9.17) is 25.5 Å². The van der Waals surface area contributed by atoms with Crippen LogP contribution in [0.25, 0.3) is 44.8 Å². The van der Waals surface area contributed by atoms with E-state index in [1.54, 1.807) is 50.2 Å². The Balaban J connectivity index is 0.000000325. The Morgan fingerprint density at radius 3 is 1.21 bits per heavy atom. The summed E-state index contributed by atoms with van der Waals surface area (Å²) in [4.78, 5) is 23.3. The van der Waals surface area contributed by atoms with Crippen LogP contribution in [0.5, 0.6) is 11.5 Å². The summed E-state index contributed by atoms with van der Waals surface area (Å²) in [6.45, 7) is 3.86. The Kier molecular flexibility index (Phi) is 16.1. The average molecular weight is 628 g/mol. The van der Waals surface area contributed by atoms with Gasteiger partial charge in [0.15, 0.2) is 0 Å². The molecule has 0 spiro atoms. The number of nitrogens with one attached hydrogen (secondary N) is 2. The number of aromatic amines is 2. The minimum absolute atomic E-state index is 0. The summed E-state index contributed by atoms with van der Waals surface area (Å²) in [6, 6.07) is 29.2. The van der Waals surface area contributed by atoms with Gasteiger partial charge in [-0.05, 0) is 38.1 Å². The molecule has 6 aromatic rings. The number of aromatic nitrogens is 4. The number of rotatable bonds is 2. The molecule has 2 heterocycles. The second-order valence-corrected chi connectivity index (χ2v) is 8.05. The molecule has 0 fully saturated rings. The van der Waals surface area contributed by atoms with E-state index in [-0.39, 0.29) is 41.8 Å². The molecular formula is C30H30FeN5O7. The van der Waals surface area contributed by atoms with Crippen molar-refractivity contribution < 1.29 is 42.6 Å². The van der Waals surface area contributed by atoms with Gasteiger partial charge in [0.05, 0.1) is 27.2 Å². The Labute approximate surface area is 257 Å². The summed E-state index contributed by atoms with van der Waals surface area (Å²) in [5.74, 6) is 1.24. The van der Waals surface area contributed by atoms with Crippen LogP contribution >= 0.6 is 0 Å². The zero-order valence-corrected chi connectivity index (χ0v) is 24.4. The third kappa shape index (κ3) is 11.5.